The summed E-state index contributed by atoms with van der Waals surface area (Å²) < 4.78 is 28.4. The van der Waals surface area contributed by atoms with Gasteiger partial charge in [0.15, 0.2) is 0 Å². The van der Waals surface area contributed by atoms with Gasteiger partial charge in [0.25, 0.3) is 5.91 Å². The lowest BCUT2D eigenvalue weighted by Crippen LogP contribution is -2.47. The first-order valence-electron chi connectivity index (χ1n) is 6.83. The number of hydrogen-bond acceptors (Lipinski definition) is 3. The van der Waals surface area contributed by atoms with Crippen molar-refractivity contribution in [2.75, 3.05) is 0 Å². The average Bonchev–Trinajstić information content (AvgIpc) is 2.99. The second-order valence-electron chi connectivity index (χ2n) is 5.64. The molecule has 2 aliphatic carbocycles. The summed E-state index contributed by atoms with van der Waals surface area (Å²) in [5, 5.41) is -1.32. The molecule has 2 bridgehead atoms. The maximum absolute atomic E-state index is 14.3. The Bertz CT molecular complexity index is 609. The minimum Gasteiger partial charge on any atom is -0.267 e. The van der Waals surface area contributed by atoms with Crippen molar-refractivity contribution in [3.05, 3.63) is 30.1 Å². The molecule has 0 spiro atoms. The molecule has 0 saturated heterocycles. The number of aromatic nitrogens is 1. The molecule has 1 N–H and O–H groups in total. The molecule has 118 valence electrons. The third kappa shape index (κ3) is 2.38. The first-order valence-corrected chi connectivity index (χ1v) is 7.59. The van der Waals surface area contributed by atoms with Crippen LogP contribution in [0, 0.1) is 17.8 Å². The Morgan fingerprint density at radius 3 is 2.59 bits per heavy atom. The van der Waals surface area contributed by atoms with Gasteiger partial charge in [0, 0.05) is 41.9 Å². The zero-order valence-corrected chi connectivity index (χ0v) is 12.9. The van der Waals surface area contributed by atoms with E-state index in [0.29, 0.717) is 12.0 Å². The van der Waals surface area contributed by atoms with Gasteiger partial charge >= 0.3 is 0 Å². The molecule has 2 aliphatic rings. The number of fused-ring (bicyclic) bond motifs is 2. The molecule has 8 heteroatoms. The summed E-state index contributed by atoms with van der Waals surface area (Å²) in [6.07, 6.45) is 5.01. The summed E-state index contributed by atoms with van der Waals surface area (Å²) in [6, 6.07) is 3.08. The van der Waals surface area contributed by atoms with Gasteiger partial charge in [-0.2, -0.15) is 5.10 Å². The smallest absolute Gasteiger partial charge is 0.267 e. The second-order valence-corrected chi connectivity index (χ2v) is 6.74. The number of alkyl halides is 4. The van der Waals surface area contributed by atoms with Crippen LogP contribution in [0.1, 0.15) is 23.2 Å². The van der Waals surface area contributed by atoms with E-state index in [-0.39, 0.29) is 12.3 Å². The number of rotatable bonds is 3. The van der Waals surface area contributed by atoms with Crippen LogP contribution in [0.5, 0.6) is 0 Å². The largest absolute Gasteiger partial charge is 0.271 e. The molecule has 22 heavy (non-hydrogen) atoms. The number of amides is 1. The lowest BCUT2D eigenvalue weighted by molar-refractivity contribution is 0.0289. The van der Waals surface area contributed by atoms with Crippen LogP contribution in [-0.4, -0.2) is 27.4 Å². The molecule has 5 atom stereocenters. The number of carbonyl (C=O) groups is 1. The van der Waals surface area contributed by atoms with Gasteiger partial charge in [-0.25, -0.2) is 14.2 Å². The van der Waals surface area contributed by atoms with Crippen LogP contribution in [0.25, 0.3) is 0 Å². The lowest BCUT2D eigenvalue weighted by Gasteiger charge is -2.36. The van der Waals surface area contributed by atoms with Gasteiger partial charge in [0.1, 0.15) is 0 Å². The number of pyridine rings is 1. The van der Waals surface area contributed by atoms with Crippen LogP contribution in [-0.2, 0) is 0 Å². The average molecular weight is 348 g/mol. The van der Waals surface area contributed by atoms with Gasteiger partial charge in [0.2, 0.25) is 10.3 Å². The molecule has 0 unspecified atom stereocenters. The van der Waals surface area contributed by atoms with E-state index in [1.165, 1.54) is 18.6 Å². The highest BCUT2D eigenvalue weighted by molar-refractivity contribution is 6.34. The number of halogens is 4. The van der Waals surface area contributed by atoms with E-state index >= 15 is 0 Å². The van der Waals surface area contributed by atoms with Crippen molar-refractivity contribution in [1.82, 2.24) is 10.4 Å². The fraction of sp³-hybridized carbons (Fsp3) is 0.500. The molecule has 1 aromatic heterocycles. The molecule has 1 aromatic rings. The SMILES string of the molecule is O=C(N/N=C\[C@@H]1C[C@H]2C[C@H]1[C@](F)(Cl)[C@@]2(F)Cl)c1ccncc1. The van der Waals surface area contributed by atoms with Crippen LogP contribution >= 0.6 is 23.2 Å². The normalized spacial score (nSPS) is 40.3. The quantitative estimate of drug-likeness (QED) is 0.518. The second kappa shape index (κ2) is 5.42. The van der Waals surface area contributed by atoms with Gasteiger partial charge in [-0.05, 0) is 25.0 Å². The molecule has 4 nitrogen and oxygen atoms in total. The Morgan fingerprint density at radius 1 is 1.32 bits per heavy atom. The minimum absolute atomic E-state index is 0.273. The zero-order valence-electron chi connectivity index (χ0n) is 11.3. The molecule has 0 aliphatic heterocycles. The molecular weight excluding hydrogens is 335 g/mol. The zero-order chi connectivity index (χ0) is 16.0. The van der Waals surface area contributed by atoms with Crippen LogP contribution < -0.4 is 5.43 Å². The summed E-state index contributed by atoms with van der Waals surface area (Å²) >= 11 is 11.3. The van der Waals surface area contributed by atoms with E-state index in [1.54, 1.807) is 12.1 Å². The first-order chi connectivity index (χ1) is 10.3. The molecule has 2 fully saturated rings. The van der Waals surface area contributed by atoms with E-state index < -0.39 is 28.0 Å². The van der Waals surface area contributed by atoms with Gasteiger partial charge in [-0.15, -0.1) is 0 Å². The number of hydrogen-bond donors (Lipinski definition) is 1. The summed E-state index contributed by atoms with van der Waals surface area (Å²) in [6.45, 7) is 0. The maximum atomic E-state index is 14.3. The fourth-order valence-corrected chi connectivity index (χ4v) is 3.95. The van der Waals surface area contributed by atoms with E-state index in [0.717, 1.165) is 0 Å². The van der Waals surface area contributed by atoms with Crippen molar-refractivity contribution in [2.24, 2.45) is 22.9 Å². The third-order valence-corrected chi connectivity index (χ3v) is 5.65. The van der Waals surface area contributed by atoms with Crippen LogP contribution in [0.3, 0.4) is 0 Å². The predicted molar refractivity (Wildman–Crippen MR) is 79.3 cm³/mol. The topological polar surface area (TPSA) is 54.4 Å². The third-order valence-electron chi connectivity index (χ3n) is 4.41. The molecule has 1 amide bonds. The monoisotopic (exact) mass is 347 g/mol. The van der Waals surface area contributed by atoms with Crippen molar-refractivity contribution >= 4 is 35.3 Å². The van der Waals surface area contributed by atoms with Crippen LogP contribution in [0.15, 0.2) is 29.6 Å². The predicted octanol–water partition coefficient (Wildman–Crippen LogP) is 3.26. The summed E-state index contributed by atoms with van der Waals surface area (Å²) in [4.78, 5) is 15.6. The number of nitrogens with one attached hydrogen (secondary N) is 1. The fourth-order valence-electron chi connectivity index (χ4n) is 3.23. The van der Waals surface area contributed by atoms with Gasteiger partial charge in [-0.1, -0.05) is 23.2 Å². The Morgan fingerprint density at radius 2 is 2.00 bits per heavy atom. The molecule has 2 saturated carbocycles. The standard InChI is InChI=1S/C14H13Cl2F2N3O/c15-13(17)10-5-9(11(6-10)14(13,16)18)7-20-21-12(22)8-1-3-19-4-2-8/h1-4,7,9-11H,5-6H2,(H,21,22)/b20-7-/t9-,10-,11+,13+,14+/m0/s1. The van der Waals surface area contributed by atoms with Gasteiger partial charge in [0.05, 0.1) is 0 Å². The van der Waals surface area contributed by atoms with E-state index in [4.69, 9.17) is 23.2 Å². The van der Waals surface area contributed by atoms with Crippen LogP contribution in [0.4, 0.5) is 8.78 Å². The van der Waals surface area contributed by atoms with Crippen molar-refractivity contribution in [3.8, 4) is 0 Å². The number of carbonyl (C=O) groups excluding carboxylic acids is 1. The Kier molecular flexibility index (Phi) is 3.85. The van der Waals surface area contributed by atoms with E-state index in [9.17, 15) is 13.6 Å². The molecule has 0 radical (unpaired) electrons. The number of hydrazone groups is 1. The first kappa shape index (κ1) is 15.6. The molecular formula is C14H13Cl2F2N3O. The Labute approximate surface area is 135 Å². The summed E-state index contributed by atoms with van der Waals surface area (Å²) in [5.41, 5.74) is 2.75. The van der Waals surface area contributed by atoms with E-state index in [2.05, 4.69) is 15.5 Å². The lowest BCUT2D eigenvalue weighted by atomic mass is 9.86. The van der Waals surface area contributed by atoms with Gasteiger partial charge < -0.3 is 0 Å². The summed E-state index contributed by atoms with van der Waals surface area (Å²) in [5.74, 6) is -2.15. The van der Waals surface area contributed by atoms with E-state index in [1.807, 2.05) is 0 Å². The highest BCUT2D eigenvalue weighted by Gasteiger charge is 2.71. The highest BCUT2D eigenvalue weighted by atomic mass is 35.5. The van der Waals surface area contributed by atoms with Crippen LogP contribution in [0.2, 0.25) is 0 Å². The van der Waals surface area contributed by atoms with Crippen molar-refractivity contribution in [2.45, 2.75) is 23.1 Å². The minimum atomic E-state index is -2.61. The number of nitrogens with zero attached hydrogens (tertiary/aromatic N) is 2. The molecule has 0 aromatic carbocycles. The van der Waals surface area contributed by atoms with Crippen molar-refractivity contribution in [1.29, 1.82) is 0 Å². The van der Waals surface area contributed by atoms with Crippen molar-refractivity contribution in [3.63, 3.8) is 0 Å². The summed E-state index contributed by atoms with van der Waals surface area (Å²) in [7, 11) is 0. The Hall–Kier alpha value is -1.27. The molecule has 1 heterocycles. The molecule has 3 rings (SSSR count). The highest BCUT2D eigenvalue weighted by Crippen LogP contribution is 2.65. The van der Waals surface area contributed by atoms with Gasteiger partial charge in [-0.3, -0.25) is 9.78 Å². The maximum Gasteiger partial charge on any atom is 0.271 e. The van der Waals surface area contributed by atoms with Crippen molar-refractivity contribution < 1.29 is 13.6 Å². The Balaban J connectivity index is 1.63.